The van der Waals surface area contributed by atoms with Crippen LogP contribution in [-0.4, -0.2) is 57.8 Å². The summed E-state index contributed by atoms with van der Waals surface area (Å²) < 4.78 is 14.8. The van der Waals surface area contributed by atoms with Crippen LogP contribution in [0.4, 0.5) is 4.39 Å². The van der Waals surface area contributed by atoms with Crippen molar-refractivity contribution in [2.24, 2.45) is 0 Å². The molecular weight excluding hydrogens is 397 g/mol. The summed E-state index contributed by atoms with van der Waals surface area (Å²) in [7, 11) is 0. The van der Waals surface area contributed by atoms with Crippen molar-refractivity contribution in [3.63, 3.8) is 0 Å². The van der Waals surface area contributed by atoms with Crippen molar-refractivity contribution < 1.29 is 19.1 Å². The Morgan fingerprint density at radius 1 is 1.10 bits per heavy atom. The number of aliphatic hydroxyl groups excluding tert-OH is 1. The zero-order valence-corrected chi connectivity index (χ0v) is 18.2. The van der Waals surface area contributed by atoms with Gasteiger partial charge in [0.15, 0.2) is 0 Å². The largest absolute Gasteiger partial charge is 0.507 e. The van der Waals surface area contributed by atoms with E-state index in [2.05, 4.69) is 9.88 Å². The van der Waals surface area contributed by atoms with Gasteiger partial charge in [-0.2, -0.15) is 0 Å². The zero-order chi connectivity index (χ0) is 22.3. The number of aromatic amines is 1. The Morgan fingerprint density at radius 3 is 2.39 bits per heavy atom. The molecule has 2 aromatic rings. The number of ketones is 1. The Hall–Kier alpha value is -2.93. The first-order valence-corrected chi connectivity index (χ1v) is 10.7. The van der Waals surface area contributed by atoms with Crippen LogP contribution in [0.25, 0.3) is 5.76 Å². The highest BCUT2D eigenvalue weighted by atomic mass is 19.1. The van der Waals surface area contributed by atoms with Crippen LogP contribution in [0.1, 0.15) is 47.0 Å². The first kappa shape index (κ1) is 21.3. The van der Waals surface area contributed by atoms with Crippen molar-refractivity contribution in [1.82, 2.24) is 14.8 Å². The number of aromatic nitrogens is 1. The number of carbonyl (C=O) groups is 2. The number of rotatable bonds is 5. The third kappa shape index (κ3) is 3.67. The number of H-pyrrole nitrogens is 1. The first-order chi connectivity index (χ1) is 14.8. The van der Waals surface area contributed by atoms with Crippen LogP contribution in [0.5, 0.6) is 0 Å². The molecule has 2 aliphatic heterocycles. The van der Waals surface area contributed by atoms with Crippen molar-refractivity contribution >= 4 is 17.4 Å². The van der Waals surface area contributed by atoms with Crippen LogP contribution < -0.4 is 0 Å². The molecule has 2 aliphatic rings. The lowest BCUT2D eigenvalue weighted by molar-refractivity contribution is -0.140. The second-order valence-electron chi connectivity index (χ2n) is 8.44. The minimum Gasteiger partial charge on any atom is -0.507 e. The third-order valence-electron chi connectivity index (χ3n) is 6.52. The van der Waals surface area contributed by atoms with Gasteiger partial charge in [-0.3, -0.25) is 9.59 Å². The highest BCUT2D eigenvalue weighted by molar-refractivity contribution is 6.46. The Morgan fingerprint density at radius 2 is 1.77 bits per heavy atom. The Kier molecular flexibility index (Phi) is 5.71. The average Bonchev–Trinajstić information content (AvgIpc) is 3.40. The van der Waals surface area contributed by atoms with Crippen molar-refractivity contribution in [2.75, 3.05) is 26.2 Å². The molecule has 1 amide bonds. The van der Waals surface area contributed by atoms with E-state index in [-0.39, 0.29) is 16.9 Å². The van der Waals surface area contributed by atoms with Gasteiger partial charge < -0.3 is 19.9 Å². The molecule has 31 heavy (non-hydrogen) atoms. The number of benzene rings is 1. The number of aryl methyl sites for hydroxylation is 2. The molecule has 1 unspecified atom stereocenters. The van der Waals surface area contributed by atoms with E-state index in [1.165, 1.54) is 11.0 Å². The molecule has 1 aromatic heterocycles. The summed E-state index contributed by atoms with van der Waals surface area (Å²) in [5.74, 6) is -2.24. The Labute approximate surface area is 181 Å². The molecule has 0 radical (unpaired) electrons. The molecular formula is C24H28FN3O3. The standard InChI is InChI=1S/C24H28FN3O3/c1-14-15(2)26-16(3)19(14)22(29)20-21(17-8-4-5-9-18(17)25)28(24(31)23(20)30)13-12-27-10-6-7-11-27/h4-5,8-9,21,26,29H,6-7,10-13H2,1-3H3/b22-20+. The average molecular weight is 426 g/mol. The van der Waals surface area contributed by atoms with Gasteiger partial charge in [0.05, 0.1) is 11.6 Å². The summed E-state index contributed by atoms with van der Waals surface area (Å²) >= 11 is 0. The number of hydrogen-bond donors (Lipinski definition) is 2. The van der Waals surface area contributed by atoms with Crippen molar-refractivity contribution in [3.8, 4) is 0 Å². The van der Waals surface area contributed by atoms with Crippen LogP contribution in [0.2, 0.25) is 0 Å². The topological polar surface area (TPSA) is 76.6 Å². The minimum absolute atomic E-state index is 0.0540. The zero-order valence-electron chi connectivity index (χ0n) is 18.2. The van der Waals surface area contributed by atoms with Gasteiger partial charge in [-0.15, -0.1) is 0 Å². The van der Waals surface area contributed by atoms with E-state index in [0.717, 1.165) is 37.2 Å². The molecule has 0 saturated carbocycles. The number of halogens is 1. The highest BCUT2D eigenvalue weighted by Gasteiger charge is 2.47. The highest BCUT2D eigenvalue weighted by Crippen LogP contribution is 2.41. The van der Waals surface area contributed by atoms with Gasteiger partial charge in [-0.05, 0) is 58.3 Å². The fourth-order valence-corrected chi connectivity index (χ4v) is 4.78. The number of hydrogen-bond acceptors (Lipinski definition) is 4. The number of likely N-dealkylation sites (tertiary alicyclic amines) is 2. The quantitative estimate of drug-likeness (QED) is 0.436. The van der Waals surface area contributed by atoms with Gasteiger partial charge in [0.25, 0.3) is 11.7 Å². The van der Waals surface area contributed by atoms with Gasteiger partial charge in [-0.25, -0.2) is 4.39 Å². The molecule has 2 saturated heterocycles. The summed E-state index contributed by atoms with van der Waals surface area (Å²) in [6, 6.07) is 5.17. The SMILES string of the molecule is Cc1[nH]c(C)c(/C(O)=C2\C(=O)C(=O)N(CCN3CCCC3)C2c2ccccc2F)c1C. The van der Waals surface area contributed by atoms with E-state index in [1.54, 1.807) is 25.1 Å². The van der Waals surface area contributed by atoms with Crippen molar-refractivity contribution in [1.29, 1.82) is 0 Å². The summed E-state index contributed by atoms with van der Waals surface area (Å²) in [5, 5.41) is 11.2. The molecule has 164 valence electrons. The molecule has 0 bridgehead atoms. The van der Waals surface area contributed by atoms with Gasteiger partial charge in [0, 0.05) is 35.6 Å². The van der Waals surface area contributed by atoms with Crippen LogP contribution in [-0.2, 0) is 9.59 Å². The second-order valence-corrected chi connectivity index (χ2v) is 8.44. The number of aliphatic hydroxyl groups is 1. The second kappa shape index (κ2) is 8.30. The normalized spacial score (nSPS) is 21.4. The number of nitrogens with one attached hydrogen (secondary N) is 1. The number of amides is 1. The van der Waals surface area contributed by atoms with Crippen LogP contribution in [0.15, 0.2) is 29.8 Å². The maximum atomic E-state index is 14.8. The molecule has 6 nitrogen and oxygen atoms in total. The molecule has 0 aliphatic carbocycles. The van der Waals surface area contributed by atoms with E-state index in [9.17, 15) is 19.1 Å². The lowest BCUT2D eigenvalue weighted by atomic mass is 9.94. The minimum atomic E-state index is -0.960. The molecule has 1 aromatic carbocycles. The molecule has 0 spiro atoms. The van der Waals surface area contributed by atoms with Gasteiger partial charge in [-0.1, -0.05) is 18.2 Å². The third-order valence-corrected chi connectivity index (χ3v) is 6.52. The molecule has 4 rings (SSSR count). The number of carbonyl (C=O) groups excluding carboxylic acids is 2. The van der Waals surface area contributed by atoms with E-state index >= 15 is 0 Å². The fourth-order valence-electron chi connectivity index (χ4n) is 4.78. The summed E-state index contributed by atoms with van der Waals surface area (Å²) in [6.07, 6.45) is 2.22. The van der Waals surface area contributed by atoms with E-state index in [1.807, 2.05) is 13.8 Å². The predicted molar refractivity (Wildman–Crippen MR) is 116 cm³/mol. The molecule has 7 heteroatoms. The number of nitrogens with zero attached hydrogens (tertiary/aromatic N) is 2. The lowest BCUT2D eigenvalue weighted by Crippen LogP contribution is -2.37. The molecule has 3 heterocycles. The maximum absolute atomic E-state index is 14.8. The van der Waals surface area contributed by atoms with Gasteiger partial charge >= 0.3 is 0 Å². The summed E-state index contributed by atoms with van der Waals surface area (Å²) in [5.41, 5.74) is 3.02. The van der Waals surface area contributed by atoms with E-state index < -0.39 is 23.5 Å². The Bertz CT molecular complexity index is 1070. The smallest absolute Gasteiger partial charge is 0.295 e. The lowest BCUT2D eigenvalue weighted by Gasteiger charge is -2.27. The first-order valence-electron chi connectivity index (χ1n) is 10.7. The van der Waals surface area contributed by atoms with Gasteiger partial charge in [0.2, 0.25) is 0 Å². The van der Waals surface area contributed by atoms with Crippen LogP contribution >= 0.6 is 0 Å². The van der Waals surface area contributed by atoms with Crippen molar-refractivity contribution in [2.45, 2.75) is 39.7 Å². The predicted octanol–water partition coefficient (Wildman–Crippen LogP) is 3.60. The summed E-state index contributed by atoms with van der Waals surface area (Å²) in [6.45, 7) is 8.34. The monoisotopic (exact) mass is 425 g/mol. The Balaban J connectivity index is 1.83. The van der Waals surface area contributed by atoms with Crippen LogP contribution in [0, 0.1) is 26.6 Å². The van der Waals surface area contributed by atoms with E-state index in [0.29, 0.717) is 24.3 Å². The maximum Gasteiger partial charge on any atom is 0.295 e. The van der Waals surface area contributed by atoms with Crippen molar-refractivity contribution in [3.05, 3.63) is 63.7 Å². The molecule has 1 atom stereocenters. The summed E-state index contributed by atoms with van der Waals surface area (Å²) in [4.78, 5) is 32.9. The van der Waals surface area contributed by atoms with Gasteiger partial charge in [0.1, 0.15) is 11.6 Å². The number of Topliss-reactive ketones (excluding diaryl/α,β-unsaturated/α-hetero) is 1. The van der Waals surface area contributed by atoms with E-state index in [4.69, 9.17) is 0 Å². The fraction of sp³-hybridized carbons (Fsp3) is 0.417. The molecule has 2 fully saturated rings. The van der Waals surface area contributed by atoms with Crippen LogP contribution in [0.3, 0.4) is 0 Å². The molecule has 2 N–H and O–H groups in total.